The van der Waals surface area contributed by atoms with Crippen LogP contribution >= 0.6 is 11.6 Å². The summed E-state index contributed by atoms with van der Waals surface area (Å²) >= 11 is 5.60. The molecule has 0 saturated heterocycles. The molecule has 1 aliphatic carbocycles. The minimum Gasteiger partial charge on any atom is -0.351 e. The second-order valence-corrected chi connectivity index (χ2v) is 3.40. The van der Waals surface area contributed by atoms with Gasteiger partial charge < -0.3 is 5.32 Å². The first-order valence-electron chi connectivity index (χ1n) is 4.10. The number of nitro groups is 1. The molecule has 0 amide bonds. The molecule has 6 nitrogen and oxygen atoms in total. The van der Waals surface area contributed by atoms with Gasteiger partial charge in [-0.05, 0) is 12.8 Å². The Morgan fingerprint density at radius 3 is 2.86 bits per heavy atom. The Hall–Kier alpha value is -1.43. The SMILES string of the molecule is O=[N+]([O-])c1cnc(NC2CC2)nc1Cl. The highest BCUT2D eigenvalue weighted by atomic mass is 35.5. The topological polar surface area (TPSA) is 81.0 Å². The molecule has 0 spiro atoms. The van der Waals surface area contributed by atoms with Gasteiger partial charge in [0.2, 0.25) is 11.1 Å². The number of nitrogens with zero attached hydrogens (tertiary/aromatic N) is 3. The monoisotopic (exact) mass is 214 g/mol. The largest absolute Gasteiger partial charge is 0.351 e. The third-order valence-corrected chi connectivity index (χ3v) is 2.11. The first-order valence-corrected chi connectivity index (χ1v) is 4.48. The highest BCUT2D eigenvalue weighted by molar-refractivity contribution is 6.31. The molecular weight excluding hydrogens is 208 g/mol. The van der Waals surface area contributed by atoms with Gasteiger partial charge in [0, 0.05) is 6.04 Å². The van der Waals surface area contributed by atoms with Gasteiger partial charge in [-0.25, -0.2) is 4.98 Å². The van der Waals surface area contributed by atoms with Crippen LogP contribution in [-0.4, -0.2) is 20.9 Å². The fourth-order valence-corrected chi connectivity index (χ4v) is 1.15. The van der Waals surface area contributed by atoms with E-state index in [4.69, 9.17) is 11.6 Å². The van der Waals surface area contributed by atoms with E-state index in [2.05, 4.69) is 15.3 Å². The number of rotatable bonds is 3. The molecule has 74 valence electrons. The summed E-state index contributed by atoms with van der Waals surface area (Å²) in [6.45, 7) is 0. The molecule has 0 radical (unpaired) electrons. The lowest BCUT2D eigenvalue weighted by atomic mass is 10.5. The van der Waals surface area contributed by atoms with E-state index < -0.39 is 4.92 Å². The molecule has 1 aromatic rings. The van der Waals surface area contributed by atoms with E-state index >= 15 is 0 Å². The molecule has 1 saturated carbocycles. The minimum absolute atomic E-state index is 0.131. The summed E-state index contributed by atoms with van der Waals surface area (Å²) in [5.74, 6) is 0.350. The third kappa shape index (κ3) is 1.90. The highest BCUT2D eigenvalue weighted by Crippen LogP contribution is 2.25. The molecule has 2 rings (SSSR count). The fourth-order valence-electron chi connectivity index (χ4n) is 0.957. The van der Waals surface area contributed by atoms with Gasteiger partial charge in [0.15, 0.2) is 0 Å². The molecule has 0 aromatic carbocycles. The average Bonchev–Trinajstić information content (AvgIpc) is 2.87. The van der Waals surface area contributed by atoms with E-state index in [-0.39, 0.29) is 10.8 Å². The molecule has 1 aromatic heterocycles. The quantitative estimate of drug-likeness (QED) is 0.470. The van der Waals surface area contributed by atoms with Gasteiger partial charge in [-0.1, -0.05) is 11.6 Å². The van der Waals surface area contributed by atoms with E-state index in [1.165, 1.54) is 0 Å². The van der Waals surface area contributed by atoms with Crippen LogP contribution < -0.4 is 5.32 Å². The lowest BCUT2D eigenvalue weighted by Gasteiger charge is -2.01. The number of hydrogen-bond acceptors (Lipinski definition) is 5. The lowest BCUT2D eigenvalue weighted by Crippen LogP contribution is -2.06. The van der Waals surface area contributed by atoms with E-state index in [1.54, 1.807) is 0 Å². The maximum absolute atomic E-state index is 10.4. The summed E-state index contributed by atoms with van der Waals surface area (Å²) in [5.41, 5.74) is -0.270. The van der Waals surface area contributed by atoms with Gasteiger partial charge >= 0.3 is 5.69 Å². The molecule has 0 unspecified atom stereocenters. The average molecular weight is 215 g/mol. The summed E-state index contributed by atoms with van der Waals surface area (Å²) in [6.07, 6.45) is 3.27. The predicted octanol–water partition coefficient (Wildman–Crippen LogP) is 1.61. The molecule has 1 aliphatic rings. The smallest absolute Gasteiger partial charge is 0.324 e. The first-order chi connectivity index (χ1) is 6.66. The second kappa shape index (κ2) is 3.38. The molecule has 14 heavy (non-hydrogen) atoms. The zero-order valence-electron chi connectivity index (χ0n) is 7.11. The van der Waals surface area contributed by atoms with Gasteiger partial charge in [0.05, 0.1) is 4.92 Å². The Morgan fingerprint density at radius 1 is 1.64 bits per heavy atom. The van der Waals surface area contributed by atoms with Crippen LogP contribution in [-0.2, 0) is 0 Å². The van der Waals surface area contributed by atoms with Crippen molar-refractivity contribution in [2.75, 3.05) is 5.32 Å². The maximum atomic E-state index is 10.4. The van der Waals surface area contributed by atoms with Crippen molar-refractivity contribution in [2.24, 2.45) is 0 Å². The fraction of sp³-hybridized carbons (Fsp3) is 0.429. The van der Waals surface area contributed by atoms with Crippen LogP contribution in [0.15, 0.2) is 6.20 Å². The zero-order valence-corrected chi connectivity index (χ0v) is 7.86. The molecule has 0 bridgehead atoms. The number of hydrogen-bond donors (Lipinski definition) is 1. The number of aromatic nitrogens is 2. The van der Waals surface area contributed by atoms with Crippen LogP contribution in [0.5, 0.6) is 0 Å². The van der Waals surface area contributed by atoms with Crippen LogP contribution in [0.1, 0.15) is 12.8 Å². The van der Waals surface area contributed by atoms with Crippen molar-refractivity contribution in [3.63, 3.8) is 0 Å². The van der Waals surface area contributed by atoms with Crippen LogP contribution in [0.4, 0.5) is 11.6 Å². The van der Waals surface area contributed by atoms with Crippen molar-refractivity contribution in [2.45, 2.75) is 18.9 Å². The van der Waals surface area contributed by atoms with Gasteiger partial charge in [-0.2, -0.15) is 4.98 Å². The van der Waals surface area contributed by atoms with Crippen molar-refractivity contribution < 1.29 is 4.92 Å². The molecule has 1 heterocycles. The molecular formula is C7H7ClN4O2. The van der Waals surface area contributed by atoms with Gasteiger partial charge in [-0.15, -0.1) is 0 Å². The number of nitrogens with one attached hydrogen (secondary N) is 1. The maximum Gasteiger partial charge on any atom is 0.324 e. The van der Waals surface area contributed by atoms with Crippen LogP contribution in [0.3, 0.4) is 0 Å². The summed E-state index contributed by atoms with van der Waals surface area (Å²) in [5, 5.41) is 13.3. The van der Waals surface area contributed by atoms with E-state index in [1.807, 2.05) is 0 Å². The standard InChI is InChI=1S/C7H7ClN4O2/c8-6-5(12(13)14)3-9-7(11-6)10-4-1-2-4/h3-4H,1-2H2,(H,9,10,11). The minimum atomic E-state index is -0.608. The molecule has 0 atom stereocenters. The van der Waals surface area contributed by atoms with Crippen LogP contribution in [0.2, 0.25) is 5.15 Å². The summed E-state index contributed by atoms with van der Waals surface area (Å²) in [6, 6.07) is 0.396. The third-order valence-electron chi connectivity index (χ3n) is 1.83. The van der Waals surface area contributed by atoms with Crippen molar-refractivity contribution >= 4 is 23.2 Å². The summed E-state index contributed by atoms with van der Waals surface area (Å²) in [4.78, 5) is 17.3. The number of halogens is 1. The molecule has 0 aliphatic heterocycles. The Morgan fingerprint density at radius 2 is 2.36 bits per heavy atom. The lowest BCUT2D eigenvalue weighted by molar-refractivity contribution is -0.385. The Labute approximate surface area is 84.5 Å². The predicted molar refractivity (Wildman–Crippen MR) is 50.3 cm³/mol. The van der Waals surface area contributed by atoms with Crippen LogP contribution in [0.25, 0.3) is 0 Å². The second-order valence-electron chi connectivity index (χ2n) is 3.05. The van der Waals surface area contributed by atoms with Crippen molar-refractivity contribution in [3.05, 3.63) is 21.5 Å². The van der Waals surface area contributed by atoms with Crippen molar-refractivity contribution in [3.8, 4) is 0 Å². The normalized spacial score (nSPS) is 15.2. The number of anilines is 1. The zero-order chi connectivity index (χ0) is 10.1. The first kappa shape index (κ1) is 9.14. The van der Waals surface area contributed by atoms with Crippen LogP contribution in [0, 0.1) is 10.1 Å². The molecule has 1 fully saturated rings. The van der Waals surface area contributed by atoms with E-state index in [0.717, 1.165) is 19.0 Å². The van der Waals surface area contributed by atoms with Gasteiger partial charge in [-0.3, -0.25) is 10.1 Å². The van der Waals surface area contributed by atoms with Gasteiger partial charge in [0.1, 0.15) is 6.20 Å². The molecule has 7 heteroatoms. The highest BCUT2D eigenvalue weighted by Gasteiger charge is 2.23. The molecule has 1 N–H and O–H groups in total. The van der Waals surface area contributed by atoms with Gasteiger partial charge in [0.25, 0.3) is 0 Å². The Bertz CT molecular complexity index is 380. The van der Waals surface area contributed by atoms with Crippen molar-refractivity contribution in [1.82, 2.24) is 9.97 Å². The van der Waals surface area contributed by atoms with Crippen molar-refractivity contribution in [1.29, 1.82) is 0 Å². The Kier molecular flexibility index (Phi) is 2.20. The summed E-state index contributed by atoms with van der Waals surface area (Å²) < 4.78 is 0. The van der Waals surface area contributed by atoms with E-state index in [9.17, 15) is 10.1 Å². The Balaban J connectivity index is 2.20. The van der Waals surface area contributed by atoms with E-state index in [0.29, 0.717) is 12.0 Å². The summed E-state index contributed by atoms with van der Waals surface area (Å²) in [7, 11) is 0.